The highest BCUT2D eigenvalue weighted by Gasteiger charge is 2.31. The highest BCUT2D eigenvalue weighted by molar-refractivity contribution is 5.85. The predicted molar refractivity (Wildman–Crippen MR) is 60.0 cm³/mol. The molecule has 3 N–H and O–H groups in total. The fraction of sp³-hybridized carbons (Fsp3) is 0.818. The molecule has 1 rings (SSSR count). The van der Waals surface area contributed by atoms with Crippen molar-refractivity contribution in [3.8, 4) is 0 Å². The molecular weight excluding hydrogens is 208 g/mol. The van der Waals surface area contributed by atoms with Gasteiger partial charge in [-0.2, -0.15) is 0 Å². The minimum Gasteiger partial charge on any atom is -0.480 e. The zero-order chi connectivity index (χ0) is 12.1. The van der Waals surface area contributed by atoms with Gasteiger partial charge in [-0.15, -0.1) is 0 Å². The highest BCUT2D eigenvalue weighted by atomic mass is 16.4. The Kier molecular flexibility index (Phi) is 4.73. The number of rotatable bonds is 5. The van der Waals surface area contributed by atoms with Crippen LogP contribution < -0.4 is 10.6 Å². The Morgan fingerprint density at radius 1 is 1.56 bits per heavy atom. The number of amides is 1. The third-order valence-corrected chi connectivity index (χ3v) is 3.05. The first kappa shape index (κ1) is 13.0. The fourth-order valence-electron chi connectivity index (χ4n) is 2.04. The second-order valence-electron chi connectivity index (χ2n) is 4.33. The number of carboxylic acid groups (broad SMARTS) is 1. The Bertz CT molecular complexity index is 268. The van der Waals surface area contributed by atoms with Crippen molar-refractivity contribution in [2.24, 2.45) is 5.92 Å². The van der Waals surface area contributed by atoms with Crippen LogP contribution in [0.3, 0.4) is 0 Å². The Labute approximate surface area is 95.6 Å². The Balaban J connectivity index is 2.50. The summed E-state index contributed by atoms with van der Waals surface area (Å²) in [7, 11) is 0. The van der Waals surface area contributed by atoms with Crippen LogP contribution in [0.5, 0.6) is 0 Å². The van der Waals surface area contributed by atoms with Crippen LogP contribution in [0.1, 0.15) is 33.1 Å². The number of carbonyl (C=O) groups excluding carboxylic acids is 1. The summed E-state index contributed by atoms with van der Waals surface area (Å²) < 4.78 is 0. The Morgan fingerprint density at radius 3 is 2.69 bits per heavy atom. The van der Waals surface area contributed by atoms with Crippen LogP contribution in [0.25, 0.3) is 0 Å². The smallest absolute Gasteiger partial charge is 0.326 e. The van der Waals surface area contributed by atoms with Gasteiger partial charge in [-0.25, -0.2) is 4.79 Å². The molecule has 92 valence electrons. The van der Waals surface area contributed by atoms with E-state index in [9.17, 15) is 9.59 Å². The lowest BCUT2D eigenvalue weighted by Crippen LogP contribution is -2.45. The Morgan fingerprint density at radius 2 is 2.25 bits per heavy atom. The maximum Gasteiger partial charge on any atom is 0.326 e. The molecule has 16 heavy (non-hydrogen) atoms. The molecule has 1 saturated heterocycles. The van der Waals surface area contributed by atoms with Gasteiger partial charge in [0.1, 0.15) is 6.04 Å². The summed E-state index contributed by atoms with van der Waals surface area (Å²) in [5.41, 5.74) is 0. The molecule has 0 aromatic heterocycles. The van der Waals surface area contributed by atoms with Crippen molar-refractivity contribution in [3.63, 3.8) is 0 Å². The Hall–Kier alpha value is -1.10. The molecule has 1 amide bonds. The molecule has 1 heterocycles. The molecule has 0 spiro atoms. The highest BCUT2D eigenvalue weighted by Crippen LogP contribution is 2.15. The summed E-state index contributed by atoms with van der Waals surface area (Å²) in [4.78, 5) is 22.7. The van der Waals surface area contributed by atoms with Gasteiger partial charge in [-0.1, -0.05) is 13.3 Å². The van der Waals surface area contributed by atoms with E-state index < -0.39 is 12.0 Å². The molecule has 1 fully saturated rings. The minimum absolute atomic E-state index is 0.0984. The van der Waals surface area contributed by atoms with Crippen molar-refractivity contribution in [2.45, 2.75) is 45.2 Å². The first-order chi connectivity index (χ1) is 7.56. The van der Waals surface area contributed by atoms with Crippen molar-refractivity contribution in [1.82, 2.24) is 10.6 Å². The first-order valence-corrected chi connectivity index (χ1v) is 5.82. The van der Waals surface area contributed by atoms with Crippen LogP contribution in [0.2, 0.25) is 0 Å². The van der Waals surface area contributed by atoms with Gasteiger partial charge in [0, 0.05) is 6.04 Å². The molecule has 2 unspecified atom stereocenters. The van der Waals surface area contributed by atoms with Gasteiger partial charge in [0.05, 0.1) is 5.92 Å². The van der Waals surface area contributed by atoms with Gasteiger partial charge in [0.2, 0.25) is 5.91 Å². The molecule has 5 nitrogen and oxygen atoms in total. The number of carboxylic acids is 1. The molecule has 0 aromatic carbocycles. The van der Waals surface area contributed by atoms with Gasteiger partial charge >= 0.3 is 5.97 Å². The van der Waals surface area contributed by atoms with Crippen molar-refractivity contribution < 1.29 is 14.7 Å². The molecule has 0 bridgehead atoms. The number of nitrogens with one attached hydrogen (secondary N) is 2. The second-order valence-corrected chi connectivity index (χ2v) is 4.33. The summed E-state index contributed by atoms with van der Waals surface area (Å²) in [6.45, 7) is 4.68. The van der Waals surface area contributed by atoms with Crippen molar-refractivity contribution in [3.05, 3.63) is 0 Å². The first-order valence-electron chi connectivity index (χ1n) is 5.82. The predicted octanol–water partition coefficient (Wildman–Crippen LogP) is 0.354. The van der Waals surface area contributed by atoms with E-state index in [-0.39, 0.29) is 17.9 Å². The van der Waals surface area contributed by atoms with Crippen molar-refractivity contribution in [2.75, 3.05) is 6.54 Å². The molecule has 1 aliphatic rings. The maximum absolute atomic E-state index is 11.8. The largest absolute Gasteiger partial charge is 0.480 e. The molecular formula is C11H20N2O3. The third-order valence-electron chi connectivity index (χ3n) is 3.05. The lowest BCUT2D eigenvalue weighted by Gasteiger charge is -2.19. The van der Waals surface area contributed by atoms with E-state index in [0.717, 1.165) is 19.4 Å². The monoisotopic (exact) mass is 228 g/mol. The lowest BCUT2D eigenvalue weighted by molar-refractivity contribution is -0.142. The zero-order valence-corrected chi connectivity index (χ0v) is 9.82. The normalized spacial score (nSPS) is 26.4. The van der Waals surface area contributed by atoms with Crippen LogP contribution in [0, 0.1) is 5.92 Å². The minimum atomic E-state index is -0.950. The summed E-state index contributed by atoms with van der Waals surface area (Å²) in [6.07, 6.45) is 2.01. The second kappa shape index (κ2) is 5.84. The van der Waals surface area contributed by atoms with Crippen LogP contribution in [-0.4, -0.2) is 35.6 Å². The maximum atomic E-state index is 11.8. The lowest BCUT2D eigenvalue weighted by atomic mass is 10.0. The van der Waals surface area contributed by atoms with Crippen LogP contribution in [0.15, 0.2) is 0 Å². The van der Waals surface area contributed by atoms with Crippen molar-refractivity contribution in [1.29, 1.82) is 0 Å². The van der Waals surface area contributed by atoms with E-state index in [1.807, 2.05) is 13.8 Å². The van der Waals surface area contributed by atoms with Crippen LogP contribution >= 0.6 is 0 Å². The molecule has 1 aliphatic heterocycles. The molecule has 5 heteroatoms. The molecule has 0 radical (unpaired) electrons. The molecule has 0 aliphatic carbocycles. The number of hydrogen-bond donors (Lipinski definition) is 3. The van der Waals surface area contributed by atoms with Crippen LogP contribution in [-0.2, 0) is 9.59 Å². The summed E-state index contributed by atoms with van der Waals surface area (Å²) in [6, 6.07) is -0.610. The topological polar surface area (TPSA) is 78.4 Å². The number of carbonyl (C=O) groups is 2. The summed E-state index contributed by atoms with van der Waals surface area (Å²) >= 11 is 0. The quantitative estimate of drug-likeness (QED) is 0.634. The SMILES string of the molecule is CCC[C@@H](NC(=O)C1CCNC1C)C(=O)O. The van der Waals surface area contributed by atoms with Gasteiger partial charge in [0.25, 0.3) is 0 Å². The summed E-state index contributed by atoms with van der Waals surface area (Å²) in [5, 5.41) is 14.7. The van der Waals surface area contributed by atoms with Gasteiger partial charge in [-0.05, 0) is 26.3 Å². The van der Waals surface area contributed by atoms with E-state index >= 15 is 0 Å². The van der Waals surface area contributed by atoms with E-state index in [4.69, 9.17) is 5.11 Å². The third kappa shape index (κ3) is 3.20. The standard InChI is InChI=1S/C11H20N2O3/c1-3-4-9(11(15)16)13-10(14)8-5-6-12-7(8)2/h7-9,12H,3-6H2,1-2H3,(H,13,14)(H,15,16)/t7?,8?,9-/m1/s1. The van der Waals surface area contributed by atoms with E-state index in [1.165, 1.54) is 0 Å². The van der Waals surface area contributed by atoms with Crippen molar-refractivity contribution >= 4 is 11.9 Å². The average molecular weight is 228 g/mol. The zero-order valence-electron chi connectivity index (χ0n) is 9.82. The fourth-order valence-corrected chi connectivity index (χ4v) is 2.04. The van der Waals surface area contributed by atoms with Gasteiger partial charge < -0.3 is 15.7 Å². The molecule has 0 saturated carbocycles. The van der Waals surface area contributed by atoms with Gasteiger partial charge in [0.15, 0.2) is 0 Å². The summed E-state index contributed by atoms with van der Waals surface area (Å²) in [5.74, 6) is -1.19. The average Bonchev–Trinajstić information content (AvgIpc) is 2.63. The number of hydrogen-bond acceptors (Lipinski definition) is 3. The van der Waals surface area contributed by atoms with E-state index in [0.29, 0.717) is 6.42 Å². The van der Waals surface area contributed by atoms with Crippen LogP contribution in [0.4, 0.5) is 0 Å². The van der Waals surface area contributed by atoms with E-state index in [2.05, 4.69) is 10.6 Å². The van der Waals surface area contributed by atoms with E-state index in [1.54, 1.807) is 0 Å². The number of aliphatic carboxylic acids is 1. The van der Waals surface area contributed by atoms with Gasteiger partial charge in [-0.3, -0.25) is 4.79 Å². The molecule has 3 atom stereocenters. The molecule has 0 aromatic rings.